The normalized spacial score (nSPS) is 14.6. The second kappa shape index (κ2) is 5.62. The van der Waals surface area contributed by atoms with Gasteiger partial charge in [-0.05, 0) is 51.5 Å². The number of benzene rings is 2. The van der Waals surface area contributed by atoms with Gasteiger partial charge < -0.3 is 10.3 Å². The van der Waals surface area contributed by atoms with Crippen molar-refractivity contribution in [2.75, 3.05) is 5.32 Å². The number of fused-ring (bicyclic) bond motifs is 4. The Hall–Kier alpha value is -3.29. The third kappa shape index (κ3) is 2.41. The number of anilines is 1. The highest BCUT2D eigenvalue weighted by atomic mass is 19.1. The van der Waals surface area contributed by atoms with Crippen molar-refractivity contribution in [3.05, 3.63) is 59.1 Å². The summed E-state index contributed by atoms with van der Waals surface area (Å²) in [5.74, 6) is -1.15. The first-order valence-corrected chi connectivity index (χ1v) is 9.19. The number of nitrogens with zero attached hydrogens (tertiary/aromatic N) is 3. The van der Waals surface area contributed by atoms with E-state index < -0.39 is 23.0 Å². The van der Waals surface area contributed by atoms with Gasteiger partial charge in [0.05, 0.1) is 16.8 Å². The molecule has 0 bridgehead atoms. The van der Waals surface area contributed by atoms with Crippen LogP contribution in [0.1, 0.15) is 31.2 Å². The summed E-state index contributed by atoms with van der Waals surface area (Å²) >= 11 is 0. The van der Waals surface area contributed by atoms with Gasteiger partial charge in [0, 0.05) is 22.7 Å². The van der Waals surface area contributed by atoms with Gasteiger partial charge in [0.25, 0.3) is 0 Å². The molecule has 1 aliphatic heterocycles. The molecule has 0 saturated heterocycles. The molecule has 0 aliphatic carbocycles. The van der Waals surface area contributed by atoms with Gasteiger partial charge in [0.1, 0.15) is 23.1 Å². The van der Waals surface area contributed by atoms with Crippen molar-refractivity contribution in [2.45, 2.75) is 33.2 Å². The number of hydrogen-bond acceptors (Lipinski definition) is 3. The number of rotatable bonds is 1. The molecule has 0 spiro atoms. The lowest BCUT2D eigenvalue weighted by Crippen LogP contribution is -2.36. The van der Waals surface area contributed by atoms with Crippen molar-refractivity contribution in [3.8, 4) is 16.8 Å². The fraction of sp³-hybridized carbons (Fsp3) is 0.238. The number of hydrogen-bond donors (Lipinski definition) is 2. The number of aromatic nitrogens is 4. The van der Waals surface area contributed by atoms with Crippen molar-refractivity contribution in [3.63, 3.8) is 0 Å². The maximum absolute atomic E-state index is 15.9. The summed E-state index contributed by atoms with van der Waals surface area (Å²) in [5.41, 5.74) is 0.871. The maximum atomic E-state index is 15.9. The summed E-state index contributed by atoms with van der Waals surface area (Å²) < 4.78 is 46.9. The van der Waals surface area contributed by atoms with Crippen LogP contribution in [0.2, 0.25) is 0 Å². The first kappa shape index (κ1) is 17.8. The van der Waals surface area contributed by atoms with Gasteiger partial charge in [0.2, 0.25) is 0 Å². The van der Waals surface area contributed by atoms with Crippen LogP contribution in [0.3, 0.4) is 0 Å². The summed E-state index contributed by atoms with van der Waals surface area (Å²) in [4.78, 5) is 3.02. The molecular formula is C21H18F3N5. The quantitative estimate of drug-likeness (QED) is 0.469. The van der Waals surface area contributed by atoms with Gasteiger partial charge in [0.15, 0.2) is 11.6 Å². The first-order chi connectivity index (χ1) is 13.7. The van der Waals surface area contributed by atoms with E-state index in [1.807, 2.05) is 13.8 Å². The molecule has 0 saturated carbocycles. The topological polar surface area (TPSA) is 58.5 Å². The molecule has 0 amide bonds. The van der Waals surface area contributed by atoms with E-state index in [1.165, 1.54) is 12.1 Å². The smallest absolute Gasteiger partial charge is 0.162 e. The molecule has 5 rings (SSSR count). The summed E-state index contributed by atoms with van der Waals surface area (Å²) in [6, 6.07) is 5.46. The lowest BCUT2D eigenvalue weighted by Gasteiger charge is -2.34. The molecule has 0 fully saturated rings. The fourth-order valence-electron chi connectivity index (χ4n) is 4.15. The lowest BCUT2D eigenvalue weighted by molar-refractivity contribution is 0.517. The zero-order valence-electron chi connectivity index (χ0n) is 16.3. The molecule has 0 atom stereocenters. The molecule has 8 heteroatoms. The molecule has 2 aromatic carbocycles. The summed E-state index contributed by atoms with van der Waals surface area (Å²) in [7, 11) is 0. The Bertz CT molecular complexity index is 1320. The summed E-state index contributed by atoms with van der Waals surface area (Å²) in [6.45, 7) is 7.23. The number of halogens is 3. The highest BCUT2D eigenvalue weighted by molar-refractivity contribution is 5.97. The largest absolute Gasteiger partial charge is 0.371 e. The predicted octanol–water partition coefficient (Wildman–Crippen LogP) is 5.11. The average molecular weight is 397 g/mol. The first-order valence-electron chi connectivity index (χ1n) is 9.19. The summed E-state index contributed by atoms with van der Waals surface area (Å²) in [5, 5.41) is 11.9. The van der Waals surface area contributed by atoms with Crippen LogP contribution in [0.15, 0.2) is 24.3 Å². The molecule has 2 aromatic heterocycles. The monoisotopic (exact) mass is 397 g/mol. The second-order valence-electron chi connectivity index (χ2n) is 7.97. The van der Waals surface area contributed by atoms with Crippen molar-refractivity contribution >= 4 is 16.6 Å². The Labute approximate surface area is 164 Å². The van der Waals surface area contributed by atoms with Crippen molar-refractivity contribution < 1.29 is 13.2 Å². The minimum absolute atomic E-state index is 0.128. The van der Waals surface area contributed by atoms with Gasteiger partial charge >= 0.3 is 0 Å². The molecule has 5 nitrogen and oxygen atoms in total. The van der Waals surface area contributed by atoms with E-state index in [9.17, 15) is 4.39 Å². The van der Waals surface area contributed by atoms with Crippen LogP contribution in [0, 0.1) is 31.3 Å². The lowest BCUT2D eigenvalue weighted by atomic mass is 9.95. The van der Waals surface area contributed by atoms with E-state index in [0.717, 1.165) is 11.8 Å². The predicted molar refractivity (Wildman–Crippen MR) is 105 cm³/mol. The molecule has 1 aliphatic rings. The van der Waals surface area contributed by atoms with Crippen LogP contribution in [0.4, 0.5) is 18.9 Å². The van der Waals surface area contributed by atoms with Crippen molar-refractivity contribution in [1.82, 2.24) is 19.7 Å². The molecular weight excluding hydrogens is 379 g/mol. The minimum atomic E-state index is -0.794. The van der Waals surface area contributed by atoms with Crippen LogP contribution in [-0.4, -0.2) is 19.7 Å². The van der Waals surface area contributed by atoms with Crippen LogP contribution >= 0.6 is 0 Å². The highest BCUT2D eigenvalue weighted by Gasteiger charge is 2.37. The average Bonchev–Trinajstić information content (AvgIpc) is 3.17. The third-order valence-electron chi connectivity index (χ3n) is 5.35. The number of nitrogens with one attached hydrogen (secondary N) is 2. The SMILES string of the molecule is Cc1cc2c(-c3c(F)cc4c(c3F)-n3c(C)nnc3C(C)(C)N4)cc(F)cc2[nH]1. The van der Waals surface area contributed by atoms with Crippen LogP contribution in [-0.2, 0) is 5.54 Å². The summed E-state index contributed by atoms with van der Waals surface area (Å²) in [6.07, 6.45) is 0. The maximum Gasteiger partial charge on any atom is 0.162 e. The molecule has 0 unspecified atom stereocenters. The highest BCUT2D eigenvalue weighted by Crippen LogP contribution is 2.43. The van der Waals surface area contributed by atoms with Crippen LogP contribution < -0.4 is 5.32 Å². The van der Waals surface area contributed by atoms with E-state index in [-0.39, 0.29) is 16.8 Å². The molecule has 4 aromatic rings. The van der Waals surface area contributed by atoms with Crippen LogP contribution in [0.25, 0.3) is 27.7 Å². The van der Waals surface area contributed by atoms with E-state index in [4.69, 9.17) is 0 Å². The molecule has 2 N–H and O–H groups in total. The molecule has 29 heavy (non-hydrogen) atoms. The Morgan fingerprint density at radius 1 is 1.00 bits per heavy atom. The Morgan fingerprint density at radius 2 is 1.76 bits per heavy atom. The molecule has 3 heterocycles. The Kier molecular flexibility index (Phi) is 3.45. The standard InChI is InChI=1S/C21H18F3N5/c1-9-5-12-13(6-11(22)7-15(12)25-9)17-14(23)8-16-19(18(17)24)29-10(2)27-28-20(29)21(3,4)26-16/h5-8,25-26H,1-4H3. The number of aryl methyl sites for hydroxylation is 2. The molecule has 0 radical (unpaired) electrons. The van der Waals surface area contributed by atoms with Crippen LogP contribution in [0.5, 0.6) is 0 Å². The zero-order chi connectivity index (χ0) is 20.7. The number of aromatic amines is 1. The van der Waals surface area contributed by atoms with E-state index in [0.29, 0.717) is 28.2 Å². The van der Waals surface area contributed by atoms with Gasteiger partial charge in [-0.15, -0.1) is 10.2 Å². The zero-order valence-corrected chi connectivity index (χ0v) is 16.3. The Morgan fingerprint density at radius 3 is 2.52 bits per heavy atom. The molecule has 148 valence electrons. The minimum Gasteiger partial charge on any atom is -0.371 e. The van der Waals surface area contributed by atoms with Crippen molar-refractivity contribution in [1.29, 1.82) is 0 Å². The van der Waals surface area contributed by atoms with Gasteiger partial charge in [-0.25, -0.2) is 13.2 Å². The number of H-pyrrole nitrogens is 1. The van der Waals surface area contributed by atoms with Crippen molar-refractivity contribution in [2.24, 2.45) is 0 Å². The third-order valence-corrected chi connectivity index (χ3v) is 5.35. The van der Waals surface area contributed by atoms with E-state index in [1.54, 1.807) is 24.5 Å². The van der Waals surface area contributed by atoms with E-state index >= 15 is 8.78 Å². The van der Waals surface area contributed by atoms with E-state index in [2.05, 4.69) is 20.5 Å². The Balaban J connectivity index is 1.87. The van der Waals surface area contributed by atoms with Gasteiger partial charge in [-0.2, -0.15) is 0 Å². The van der Waals surface area contributed by atoms with Gasteiger partial charge in [-0.1, -0.05) is 0 Å². The van der Waals surface area contributed by atoms with Gasteiger partial charge in [-0.3, -0.25) is 4.57 Å². The fourth-order valence-corrected chi connectivity index (χ4v) is 4.15. The second-order valence-corrected chi connectivity index (χ2v) is 7.97.